The van der Waals surface area contributed by atoms with Crippen LogP contribution in [0.2, 0.25) is 5.02 Å². The fourth-order valence-electron chi connectivity index (χ4n) is 3.28. The highest BCUT2D eigenvalue weighted by Gasteiger charge is 2.20. The van der Waals surface area contributed by atoms with Gasteiger partial charge in [0.05, 0.1) is 41.1 Å². The van der Waals surface area contributed by atoms with Crippen molar-refractivity contribution in [2.45, 2.75) is 20.4 Å². The summed E-state index contributed by atoms with van der Waals surface area (Å²) in [5.41, 5.74) is 4.67. The summed E-state index contributed by atoms with van der Waals surface area (Å²) in [5, 5.41) is 12.5. The fourth-order valence-corrected chi connectivity index (χ4v) is 3.40. The van der Waals surface area contributed by atoms with Crippen LogP contribution in [-0.4, -0.2) is 25.5 Å². The Labute approximate surface area is 173 Å². The smallest absolute Gasteiger partial charge is 0.259 e. The highest BCUT2D eigenvalue weighted by Crippen LogP contribution is 2.19. The molecule has 29 heavy (non-hydrogen) atoms. The molecular formula is C22H20ClN5O. The predicted molar refractivity (Wildman–Crippen MR) is 114 cm³/mol. The molecule has 0 aliphatic heterocycles. The molecule has 1 N–H and O–H groups in total. The number of amides is 1. The Balaban J connectivity index is 1.51. The van der Waals surface area contributed by atoms with Gasteiger partial charge in [-0.2, -0.15) is 10.2 Å². The van der Waals surface area contributed by atoms with Gasteiger partial charge >= 0.3 is 0 Å². The Bertz CT molecular complexity index is 1150. The zero-order valence-corrected chi connectivity index (χ0v) is 16.9. The second-order valence-electron chi connectivity index (χ2n) is 6.80. The first-order valence-corrected chi connectivity index (χ1v) is 9.59. The molecule has 0 saturated heterocycles. The van der Waals surface area contributed by atoms with Crippen LogP contribution in [0.4, 0.5) is 5.69 Å². The van der Waals surface area contributed by atoms with Crippen LogP contribution in [-0.2, 0) is 6.54 Å². The molecule has 0 aliphatic rings. The summed E-state index contributed by atoms with van der Waals surface area (Å²) in [7, 11) is 0. The lowest BCUT2D eigenvalue weighted by Gasteiger charge is -2.05. The first-order valence-electron chi connectivity index (χ1n) is 9.21. The van der Waals surface area contributed by atoms with Crippen LogP contribution in [0, 0.1) is 13.8 Å². The lowest BCUT2D eigenvalue weighted by molar-refractivity contribution is 0.102. The summed E-state index contributed by atoms with van der Waals surface area (Å²) in [6.45, 7) is 4.33. The lowest BCUT2D eigenvalue weighted by Crippen LogP contribution is -2.13. The average Bonchev–Trinajstić information content (AvgIpc) is 3.27. The quantitative estimate of drug-likeness (QED) is 0.526. The van der Waals surface area contributed by atoms with Gasteiger partial charge in [0.1, 0.15) is 0 Å². The van der Waals surface area contributed by atoms with Crippen molar-refractivity contribution in [3.63, 3.8) is 0 Å². The molecule has 7 heteroatoms. The standard InChI is InChI=1S/C22H20ClN5O/c1-15-21(16(2)28(26-15)20-6-4-3-5-7-20)22(29)25-19-12-24-27(14-19)13-17-8-10-18(23)11-9-17/h3-12,14H,13H2,1-2H3,(H,25,29). The first kappa shape index (κ1) is 19.0. The molecule has 0 atom stereocenters. The normalized spacial score (nSPS) is 10.9. The number of carbonyl (C=O) groups excluding carboxylic acids is 1. The van der Waals surface area contributed by atoms with E-state index in [2.05, 4.69) is 15.5 Å². The van der Waals surface area contributed by atoms with Gasteiger partial charge in [-0.25, -0.2) is 4.68 Å². The Morgan fingerprint density at radius 1 is 1.07 bits per heavy atom. The maximum Gasteiger partial charge on any atom is 0.259 e. The number of para-hydroxylation sites is 1. The predicted octanol–water partition coefficient (Wildman–Crippen LogP) is 4.64. The molecule has 2 aromatic carbocycles. The first-order chi connectivity index (χ1) is 14.0. The van der Waals surface area contributed by atoms with Crippen LogP contribution in [0.5, 0.6) is 0 Å². The summed E-state index contributed by atoms with van der Waals surface area (Å²) in [6.07, 6.45) is 3.44. The number of hydrogen-bond donors (Lipinski definition) is 1. The van der Waals surface area contributed by atoms with E-state index in [1.54, 1.807) is 21.8 Å². The molecular weight excluding hydrogens is 386 g/mol. The maximum absolute atomic E-state index is 12.9. The van der Waals surface area contributed by atoms with Crippen molar-refractivity contribution in [1.82, 2.24) is 19.6 Å². The molecule has 146 valence electrons. The molecule has 0 aliphatic carbocycles. The van der Waals surface area contributed by atoms with Crippen LogP contribution in [0.1, 0.15) is 27.3 Å². The molecule has 6 nitrogen and oxygen atoms in total. The SMILES string of the molecule is Cc1nn(-c2ccccc2)c(C)c1C(=O)Nc1cnn(Cc2ccc(Cl)cc2)c1. The Morgan fingerprint density at radius 3 is 2.52 bits per heavy atom. The largest absolute Gasteiger partial charge is 0.319 e. The summed E-state index contributed by atoms with van der Waals surface area (Å²) in [6, 6.07) is 17.4. The summed E-state index contributed by atoms with van der Waals surface area (Å²) < 4.78 is 3.56. The minimum Gasteiger partial charge on any atom is -0.319 e. The van der Waals surface area contributed by atoms with E-state index in [1.807, 2.05) is 68.4 Å². The van der Waals surface area contributed by atoms with Crippen molar-refractivity contribution in [3.8, 4) is 5.69 Å². The van der Waals surface area contributed by atoms with Gasteiger partial charge in [0.2, 0.25) is 0 Å². The fraction of sp³-hybridized carbons (Fsp3) is 0.136. The number of halogens is 1. The van der Waals surface area contributed by atoms with Crippen molar-refractivity contribution in [1.29, 1.82) is 0 Å². The molecule has 0 fully saturated rings. The zero-order chi connectivity index (χ0) is 20.4. The second-order valence-corrected chi connectivity index (χ2v) is 7.24. The topological polar surface area (TPSA) is 64.7 Å². The third-order valence-corrected chi connectivity index (χ3v) is 4.92. The van der Waals surface area contributed by atoms with Crippen molar-refractivity contribution >= 4 is 23.2 Å². The number of rotatable bonds is 5. The Hall–Kier alpha value is -3.38. The Kier molecular flexibility index (Phi) is 5.18. The highest BCUT2D eigenvalue weighted by molar-refractivity contribution is 6.30. The molecule has 2 aromatic heterocycles. The molecule has 4 aromatic rings. The van der Waals surface area contributed by atoms with Gasteiger partial charge in [0, 0.05) is 11.2 Å². The molecule has 0 radical (unpaired) electrons. The van der Waals surface area contributed by atoms with Crippen LogP contribution in [0.3, 0.4) is 0 Å². The average molecular weight is 406 g/mol. The van der Waals surface area contributed by atoms with E-state index in [4.69, 9.17) is 11.6 Å². The number of hydrogen-bond acceptors (Lipinski definition) is 3. The van der Waals surface area contributed by atoms with E-state index in [1.165, 1.54) is 0 Å². The van der Waals surface area contributed by atoms with E-state index in [9.17, 15) is 4.79 Å². The van der Waals surface area contributed by atoms with Gasteiger partial charge < -0.3 is 5.32 Å². The molecule has 0 bridgehead atoms. The van der Waals surface area contributed by atoms with Gasteiger partial charge in [-0.1, -0.05) is 41.9 Å². The Morgan fingerprint density at radius 2 is 1.79 bits per heavy atom. The molecule has 2 heterocycles. The van der Waals surface area contributed by atoms with E-state index < -0.39 is 0 Å². The van der Waals surface area contributed by atoms with E-state index >= 15 is 0 Å². The number of aryl methyl sites for hydroxylation is 1. The summed E-state index contributed by atoms with van der Waals surface area (Å²) in [4.78, 5) is 12.9. The summed E-state index contributed by atoms with van der Waals surface area (Å²) in [5.74, 6) is -0.201. The van der Waals surface area contributed by atoms with Crippen molar-refractivity contribution in [2.75, 3.05) is 5.32 Å². The third kappa shape index (κ3) is 4.07. The van der Waals surface area contributed by atoms with E-state index in [0.29, 0.717) is 28.5 Å². The van der Waals surface area contributed by atoms with E-state index in [0.717, 1.165) is 16.9 Å². The minimum absolute atomic E-state index is 0.201. The van der Waals surface area contributed by atoms with Crippen molar-refractivity contribution < 1.29 is 4.79 Å². The van der Waals surface area contributed by atoms with Crippen LogP contribution in [0.15, 0.2) is 67.0 Å². The number of nitrogens with zero attached hydrogens (tertiary/aromatic N) is 4. The van der Waals surface area contributed by atoms with Crippen molar-refractivity contribution in [3.05, 3.63) is 94.5 Å². The summed E-state index contributed by atoms with van der Waals surface area (Å²) >= 11 is 5.92. The minimum atomic E-state index is -0.201. The second kappa shape index (κ2) is 7.93. The maximum atomic E-state index is 12.9. The number of aromatic nitrogens is 4. The number of carbonyl (C=O) groups is 1. The molecule has 1 amide bonds. The lowest BCUT2D eigenvalue weighted by atomic mass is 10.2. The van der Waals surface area contributed by atoms with Crippen molar-refractivity contribution in [2.24, 2.45) is 0 Å². The molecule has 0 spiro atoms. The van der Waals surface area contributed by atoms with Crippen LogP contribution < -0.4 is 5.32 Å². The number of nitrogens with one attached hydrogen (secondary N) is 1. The number of benzene rings is 2. The third-order valence-electron chi connectivity index (χ3n) is 4.67. The van der Waals surface area contributed by atoms with Gasteiger partial charge in [-0.3, -0.25) is 9.48 Å². The highest BCUT2D eigenvalue weighted by atomic mass is 35.5. The zero-order valence-electron chi connectivity index (χ0n) is 16.1. The van der Waals surface area contributed by atoms with Gasteiger partial charge in [0.15, 0.2) is 0 Å². The molecule has 4 rings (SSSR count). The van der Waals surface area contributed by atoms with E-state index in [-0.39, 0.29) is 5.91 Å². The van der Waals surface area contributed by atoms with Crippen LogP contribution >= 0.6 is 11.6 Å². The number of anilines is 1. The van der Waals surface area contributed by atoms with Gasteiger partial charge in [-0.05, 0) is 43.7 Å². The van der Waals surface area contributed by atoms with Gasteiger partial charge in [0.25, 0.3) is 5.91 Å². The van der Waals surface area contributed by atoms with Gasteiger partial charge in [-0.15, -0.1) is 0 Å². The van der Waals surface area contributed by atoms with Crippen LogP contribution in [0.25, 0.3) is 5.69 Å². The molecule has 0 saturated carbocycles. The monoisotopic (exact) mass is 405 g/mol. The molecule has 0 unspecified atom stereocenters.